The maximum atomic E-state index is 16.1. The number of rotatable bonds is 5. The molecule has 2 aliphatic heterocycles. The van der Waals surface area contributed by atoms with Gasteiger partial charge in [-0.15, -0.1) is 0 Å². The lowest BCUT2D eigenvalue weighted by atomic mass is 9.44. The first kappa shape index (κ1) is 31.4. The Morgan fingerprint density at radius 3 is 2.49 bits per heavy atom. The molecule has 9 atom stereocenters. The summed E-state index contributed by atoms with van der Waals surface area (Å²) in [7, 11) is 0. The molecule has 1 aromatic rings. The summed E-state index contributed by atoms with van der Waals surface area (Å²) in [6, 6.07) is 1.95. The van der Waals surface area contributed by atoms with Gasteiger partial charge in [0.1, 0.15) is 11.8 Å². The van der Waals surface area contributed by atoms with Crippen LogP contribution in [0, 0.1) is 60.2 Å². The highest BCUT2D eigenvalue weighted by molar-refractivity contribution is 6.58. The first-order valence-corrected chi connectivity index (χ1v) is 18.1. The molecule has 45 heavy (non-hydrogen) atoms. The summed E-state index contributed by atoms with van der Waals surface area (Å²) in [6.45, 7) is 13.0. The summed E-state index contributed by atoms with van der Waals surface area (Å²) in [5, 5.41) is 0. The quantitative estimate of drug-likeness (QED) is 0.243. The molecular formula is C38H55BF2N2O2. The molecule has 0 aromatic carbocycles. The zero-order valence-corrected chi connectivity index (χ0v) is 29.0. The van der Waals surface area contributed by atoms with Gasteiger partial charge in [-0.1, -0.05) is 20.8 Å². The van der Waals surface area contributed by atoms with Crippen LogP contribution in [0.2, 0.25) is 0 Å². The number of hydrogen-bond donors (Lipinski definition) is 0. The molecule has 246 valence electrons. The third-order valence-electron chi connectivity index (χ3n) is 14.6. The molecule has 0 unspecified atom stereocenters. The van der Waals surface area contributed by atoms with E-state index < -0.39 is 6.97 Å². The van der Waals surface area contributed by atoms with Gasteiger partial charge in [0, 0.05) is 36.8 Å². The number of hydrogen-bond acceptors (Lipinski definition) is 2. The lowest BCUT2D eigenvalue weighted by molar-refractivity contribution is -0.363. The molecular weight excluding hydrogens is 565 g/mol. The van der Waals surface area contributed by atoms with Crippen LogP contribution in [0.15, 0.2) is 23.4 Å². The lowest BCUT2D eigenvalue weighted by Gasteiger charge is -2.61. The number of ether oxygens (including phenoxy) is 1. The standard InChI is InChI=1S/C38H55BF2N2O2/c1-22(9-11-31-35-23(2)19-25(4)42(35)39(40,41)43-26(5)20-24(3)36(31)43)32-13-14-33-30-12-10-28-21-29(45-27(6)44)15-17-37(28,7)34(30)16-18-38(32,33)8/h19-20,22,28-30,32-34H,9-18,21H2,1-8H3/t22-,28-,29+,30+,32-,33+,34+,37+,38-/m1/s1. The van der Waals surface area contributed by atoms with Crippen molar-refractivity contribution in [2.45, 2.75) is 132 Å². The maximum absolute atomic E-state index is 16.1. The molecule has 3 heterocycles. The van der Waals surface area contributed by atoms with Crippen molar-refractivity contribution in [1.29, 1.82) is 0 Å². The topological polar surface area (TPSA) is 34.2 Å². The predicted octanol–water partition coefficient (Wildman–Crippen LogP) is 9.49. The van der Waals surface area contributed by atoms with Crippen LogP contribution in [0.4, 0.5) is 8.63 Å². The highest BCUT2D eigenvalue weighted by Crippen LogP contribution is 2.68. The highest BCUT2D eigenvalue weighted by Gasteiger charge is 2.61. The maximum Gasteiger partial charge on any atom is 0.737 e. The van der Waals surface area contributed by atoms with Crippen LogP contribution in [-0.2, 0) is 9.53 Å². The Morgan fingerprint density at radius 1 is 1.04 bits per heavy atom. The number of esters is 1. The zero-order valence-electron chi connectivity index (χ0n) is 29.0. The second-order valence-electron chi connectivity index (χ2n) is 16.8. The van der Waals surface area contributed by atoms with Gasteiger partial charge in [0.15, 0.2) is 5.70 Å². The number of nitrogens with zero attached hydrogens (tertiary/aromatic N) is 2. The second kappa shape index (κ2) is 10.7. The van der Waals surface area contributed by atoms with Gasteiger partial charge in [0.2, 0.25) is 0 Å². The molecule has 6 aliphatic rings. The zero-order chi connectivity index (χ0) is 32.2. The molecule has 0 saturated heterocycles. The SMILES string of the molecule is CC(=O)O[C@H]1CC[C@@]2(C)[C@H](CC[C@@H]3[C@@H]2CC[C@]2(C)[C@@H]([C@H](C)CCC4=C5C(C)=CC(C)=[N+]5[B-](F)(F)n5c(C)cc(C)c54)CC[C@@H]32)C1. The molecule has 4 aliphatic carbocycles. The number of allylic oxidation sites excluding steroid dienone is 3. The summed E-state index contributed by atoms with van der Waals surface area (Å²) >= 11 is 0. The Morgan fingerprint density at radius 2 is 1.76 bits per heavy atom. The Labute approximate surface area is 269 Å². The Hall–Kier alpha value is -2.18. The molecule has 4 saturated carbocycles. The van der Waals surface area contributed by atoms with E-state index in [-0.39, 0.29) is 12.1 Å². The van der Waals surface area contributed by atoms with E-state index in [1.54, 1.807) is 6.92 Å². The van der Waals surface area contributed by atoms with Crippen molar-refractivity contribution < 1.29 is 22.6 Å². The van der Waals surface area contributed by atoms with E-state index in [0.717, 1.165) is 71.5 Å². The Kier molecular flexibility index (Phi) is 7.45. The van der Waals surface area contributed by atoms with Crippen LogP contribution >= 0.6 is 0 Å². The average molecular weight is 621 g/mol. The van der Waals surface area contributed by atoms with Gasteiger partial charge in [0.25, 0.3) is 0 Å². The van der Waals surface area contributed by atoms with E-state index in [1.165, 1.54) is 53.9 Å². The van der Waals surface area contributed by atoms with Crippen LogP contribution in [0.3, 0.4) is 0 Å². The summed E-state index contributed by atoms with van der Waals surface area (Å²) in [5.74, 6) is 4.19. The first-order chi connectivity index (χ1) is 21.2. The van der Waals surface area contributed by atoms with Gasteiger partial charge in [-0.2, -0.15) is 0 Å². The van der Waals surface area contributed by atoms with Gasteiger partial charge in [-0.3, -0.25) is 4.79 Å². The summed E-state index contributed by atoms with van der Waals surface area (Å²) in [4.78, 5) is 11.7. The second-order valence-corrected chi connectivity index (χ2v) is 16.8. The third kappa shape index (κ3) is 4.54. The molecule has 4 fully saturated rings. The molecule has 4 nitrogen and oxygen atoms in total. The fraction of sp³-hybridized carbons (Fsp3) is 0.737. The van der Waals surface area contributed by atoms with E-state index in [9.17, 15) is 4.79 Å². The van der Waals surface area contributed by atoms with Crippen LogP contribution in [0.25, 0.3) is 5.57 Å². The van der Waals surface area contributed by atoms with Crippen LogP contribution < -0.4 is 0 Å². The van der Waals surface area contributed by atoms with Gasteiger partial charge in [-0.05, 0) is 155 Å². The van der Waals surface area contributed by atoms with Gasteiger partial charge in [0.05, 0.1) is 0 Å². The molecule has 1 aromatic heterocycles. The molecule has 7 heteroatoms. The van der Waals surface area contributed by atoms with Crippen molar-refractivity contribution >= 4 is 24.2 Å². The van der Waals surface area contributed by atoms with Crippen molar-refractivity contribution in [3.63, 3.8) is 0 Å². The molecule has 7 rings (SSSR count). The summed E-state index contributed by atoms with van der Waals surface area (Å²) in [5.41, 5.74) is 6.64. The van der Waals surface area contributed by atoms with E-state index in [4.69, 9.17) is 4.74 Å². The fourth-order valence-electron chi connectivity index (χ4n) is 12.8. The van der Waals surface area contributed by atoms with Crippen molar-refractivity contribution in [2.24, 2.45) is 46.3 Å². The monoisotopic (exact) mass is 620 g/mol. The van der Waals surface area contributed by atoms with Gasteiger partial charge in [-0.25, -0.2) is 0 Å². The minimum atomic E-state index is -3.91. The van der Waals surface area contributed by atoms with Crippen molar-refractivity contribution in [3.05, 3.63) is 40.4 Å². The molecule has 0 radical (unpaired) electrons. The van der Waals surface area contributed by atoms with Crippen molar-refractivity contribution in [1.82, 2.24) is 4.48 Å². The third-order valence-corrected chi connectivity index (χ3v) is 14.6. The number of halogens is 2. The van der Waals surface area contributed by atoms with Crippen LogP contribution in [-0.4, -0.2) is 33.7 Å². The largest absolute Gasteiger partial charge is 0.737 e. The van der Waals surface area contributed by atoms with Crippen LogP contribution in [0.5, 0.6) is 0 Å². The molecule has 0 bridgehead atoms. The molecule has 0 N–H and O–H groups in total. The molecule has 0 spiro atoms. The number of aromatic nitrogens is 1. The summed E-state index contributed by atoms with van der Waals surface area (Å²) in [6.07, 6.45) is 15.1. The number of carbonyl (C=O) groups is 1. The summed E-state index contributed by atoms with van der Waals surface area (Å²) < 4.78 is 40.6. The van der Waals surface area contributed by atoms with Crippen LogP contribution in [0.1, 0.15) is 129 Å². The molecule has 0 amide bonds. The van der Waals surface area contributed by atoms with E-state index in [0.29, 0.717) is 40.0 Å². The van der Waals surface area contributed by atoms with Crippen molar-refractivity contribution in [3.8, 4) is 0 Å². The Bertz CT molecular complexity index is 1520. The van der Waals surface area contributed by atoms with Gasteiger partial charge < -0.3 is 22.3 Å². The number of carbonyl (C=O) groups excluding carboxylic acids is 1. The minimum Gasteiger partial charge on any atom is -0.463 e. The Balaban J connectivity index is 1.10. The average Bonchev–Trinajstić information content (AvgIpc) is 3.58. The van der Waals surface area contributed by atoms with E-state index in [1.807, 2.05) is 39.8 Å². The van der Waals surface area contributed by atoms with E-state index >= 15 is 8.63 Å². The smallest absolute Gasteiger partial charge is 0.463 e. The normalized spacial score (nSPS) is 39.0. The first-order valence-electron chi connectivity index (χ1n) is 18.1. The predicted molar refractivity (Wildman–Crippen MR) is 178 cm³/mol. The highest BCUT2D eigenvalue weighted by atomic mass is 19.2. The minimum absolute atomic E-state index is 0.114. The van der Waals surface area contributed by atoms with Crippen molar-refractivity contribution in [2.75, 3.05) is 0 Å². The fourth-order valence-corrected chi connectivity index (χ4v) is 12.8. The van der Waals surface area contributed by atoms with E-state index in [2.05, 4.69) is 20.8 Å². The lowest BCUT2D eigenvalue weighted by Crippen LogP contribution is -2.54. The number of aryl methyl sites for hydroxylation is 2. The van der Waals surface area contributed by atoms with Gasteiger partial charge >= 0.3 is 12.9 Å². The number of fused-ring (bicyclic) bond motifs is 7.